The number of nitrogen functional groups attached to an aromatic ring is 1. The molecular formula is C10H13NO. The Morgan fingerprint density at radius 3 is 2.67 bits per heavy atom. The lowest BCUT2D eigenvalue weighted by Crippen LogP contribution is -2.11. The van der Waals surface area contributed by atoms with E-state index >= 15 is 0 Å². The van der Waals surface area contributed by atoms with Gasteiger partial charge in [0.25, 0.3) is 0 Å². The van der Waals surface area contributed by atoms with Gasteiger partial charge in [-0.3, -0.25) is 0 Å². The van der Waals surface area contributed by atoms with Crippen molar-refractivity contribution in [1.82, 2.24) is 0 Å². The molecule has 1 aromatic rings. The van der Waals surface area contributed by atoms with Gasteiger partial charge < -0.3 is 10.8 Å². The molecule has 0 amide bonds. The minimum Gasteiger partial charge on any atom is -0.399 e. The van der Waals surface area contributed by atoms with Gasteiger partial charge in [-0.05, 0) is 30.5 Å². The molecule has 0 saturated heterocycles. The van der Waals surface area contributed by atoms with Crippen molar-refractivity contribution in [3.05, 3.63) is 29.8 Å². The first-order valence-electron chi connectivity index (χ1n) is 4.24. The van der Waals surface area contributed by atoms with Crippen LogP contribution >= 0.6 is 0 Å². The number of anilines is 1. The second kappa shape index (κ2) is 2.49. The second-order valence-corrected chi connectivity index (χ2v) is 3.56. The van der Waals surface area contributed by atoms with Crippen LogP contribution in [0.4, 0.5) is 5.69 Å². The predicted molar refractivity (Wildman–Crippen MR) is 48.9 cm³/mol. The quantitative estimate of drug-likeness (QED) is 0.645. The summed E-state index contributed by atoms with van der Waals surface area (Å²) in [6.45, 7) is 0.246. The molecule has 64 valence electrons. The highest BCUT2D eigenvalue weighted by Gasteiger charge is 2.43. The number of rotatable bonds is 2. The van der Waals surface area contributed by atoms with Crippen molar-refractivity contribution >= 4 is 5.69 Å². The topological polar surface area (TPSA) is 46.2 Å². The maximum Gasteiger partial charge on any atom is 0.0527 e. The van der Waals surface area contributed by atoms with Gasteiger partial charge in [-0.15, -0.1) is 0 Å². The number of aliphatic hydroxyl groups is 1. The molecule has 2 nitrogen and oxygen atoms in total. The first-order valence-corrected chi connectivity index (χ1v) is 4.24. The monoisotopic (exact) mass is 163 g/mol. The summed E-state index contributed by atoms with van der Waals surface area (Å²) in [7, 11) is 0. The lowest BCUT2D eigenvalue weighted by atomic mass is 9.97. The zero-order chi connectivity index (χ0) is 8.60. The maximum atomic E-state index is 9.16. The van der Waals surface area contributed by atoms with Crippen molar-refractivity contribution in [2.45, 2.75) is 18.3 Å². The fraction of sp³-hybridized carbons (Fsp3) is 0.400. The molecular weight excluding hydrogens is 150 g/mol. The highest BCUT2D eigenvalue weighted by atomic mass is 16.3. The summed E-state index contributed by atoms with van der Waals surface area (Å²) in [6, 6.07) is 7.82. The summed E-state index contributed by atoms with van der Waals surface area (Å²) in [5.41, 5.74) is 7.68. The highest BCUT2D eigenvalue weighted by Crippen LogP contribution is 2.47. The van der Waals surface area contributed by atoms with Crippen LogP contribution in [0.15, 0.2) is 24.3 Å². The van der Waals surface area contributed by atoms with E-state index in [0.29, 0.717) is 0 Å². The first kappa shape index (κ1) is 7.62. The van der Waals surface area contributed by atoms with Crippen LogP contribution < -0.4 is 5.73 Å². The Labute approximate surface area is 72.0 Å². The zero-order valence-corrected chi connectivity index (χ0v) is 6.96. The van der Waals surface area contributed by atoms with E-state index in [9.17, 15) is 0 Å². The van der Waals surface area contributed by atoms with Gasteiger partial charge in [-0.1, -0.05) is 12.1 Å². The third-order valence-electron chi connectivity index (χ3n) is 2.66. The van der Waals surface area contributed by atoms with Gasteiger partial charge in [0, 0.05) is 11.1 Å². The second-order valence-electron chi connectivity index (χ2n) is 3.56. The van der Waals surface area contributed by atoms with E-state index in [0.717, 1.165) is 18.5 Å². The first-order chi connectivity index (χ1) is 5.77. The van der Waals surface area contributed by atoms with Gasteiger partial charge >= 0.3 is 0 Å². The van der Waals surface area contributed by atoms with Crippen molar-refractivity contribution in [1.29, 1.82) is 0 Å². The fourth-order valence-corrected chi connectivity index (χ4v) is 1.56. The maximum absolute atomic E-state index is 9.16. The standard InChI is InChI=1S/C10H13NO/c11-9-3-1-2-8(6-9)10(7-12)4-5-10/h1-3,6,12H,4-5,7,11H2. The number of nitrogens with two attached hydrogens (primary N) is 1. The van der Waals surface area contributed by atoms with Gasteiger partial charge in [0.2, 0.25) is 0 Å². The number of aliphatic hydroxyl groups excluding tert-OH is 1. The molecule has 1 aromatic carbocycles. The molecule has 2 rings (SSSR count). The molecule has 1 saturated carbocycles. The molecule has 0 atom stereocenters. The minimum absolute atomic E-state index is 0.0510. The van der Waals surface area contributed by atoms with E-state index in [4.69, 9.17) is 10.8 Å². The van der Waals surface area contributed by atoms with E-state index in [2.05, 4.69) is 0 Å². The Kier molecular flexibility index (Phi) is 1.58. The summed E-state index contributed by atoms with van der Waals surface area (Å²) in [5.74, 6) is 0. The molecule has 12 heavy (non-hydrogen) atoms. The summed E-state index contributed by atoms with van der Waals surface area (Å²) < 4.78 is 0. The molecule has 1 aliphatic rings. The van der Waals surface area contributed by atoms with Crippen LogP contribution in [0.5, 0.6) is 0 Å². The van der Waals surface area contributed by atoms with Gasteiger partial charge in [-0.25, -0.2) is 0 Å². The molecule has 0 heterocycles. The smallest absolute Gasteiger partial charge is 0.0527 e. The largest absolute Gasteiger partial charge is 0.399 e. The van der Waals surface area contributed by atoms with Crippen molar-refractivity contribution < 1.29 is 5.11 Å². The molecule has 0 radical (unpaired) electrons. The van der Waals surface area contributed by atoms with Gasteiger partial charge in [0.05, 0.1) is 6.61 Å². The van der Waals surface area contributed by atoms with Crippen LogP contribution in [0.2, 0.25) is 0 Å². The lowest BCUT2D eigenvalue weighted by molar-refractivity contribution is 0.255. The lowest BCUT2D eigenvalue weighted by Gasteiger charge is -2.11. The Bertz CT molecular complexity index is 292. The van der Waals surface area contributed by atoms with Gasteiger partial charge in [0.15, 0.2) is 0 Å². The number of hydrogen-bond acceptors (Lipinski definition) is 2. The Balaban J connectivity index is 2.34. The Morgan fingerprint density at radius 1 is 1.42 bits per heavy atom. The third-order valence-corrected chi connectivity index (χ3v) is 2.66. The third kappa shape index (κ3) is 1.08. The van der Waals surface area contributed by atoms with E-state index in [-0.39, 0.29) is 12.0 Å². The molecule has 0 unspecified atom stereocenters. The molecule has 1 aliphatic carbocycles. The van der Waals surface area contributed by atoms with Crippen LogP contribution in [0.1, 0.15) is 18.4 Å². The van der Waals surface area contributed by atoms with Crippen LogP contribution in [0.3, 0.4) is 0 Å². The molecule has 0 aromatic heterocycles. The molecule has 1 fully saturated rings. The van der Waals surface area contributed by atoms with E-state index in [1.807, 2.05) is 24.3 Å². The molecule has 3 N–H and O–H groups in total. The zero-order valence-electron chi connectivity index (χ0n) is 6.96. The summed E-state index contributed by atoms with van der Waals surface area (Å²) in [4.78, 5) is 0. The number of hydrogen-bond donors (Lipinski definition) is 2. The van der Waals surface area contributed by atoms with Crippen molar-refractivity contribution in [3.8, 4) is 0 Å². The van der Waals surface area contributed by atoms with Crippen LogP contribution in [0, 0.1) is 0 Å². The van der Waals surface area contributed by atoms with Crippen molar-refractivity contribution in [2.24, 2.45) is 0 Å². The van der Waals surface area contributed by atoms with E-state index < -0.39 is 0 Å². The Hall–Kier alpha value is -1.02. The van der Waals surface area contributed by atoms with Crippen molar-refractivity contribution in [2.75, 3.05) is 12.3 Å². The normalized spacial score (nSPS) is 19.1. The summed E-state index contributed by atoms with van der Waals surface area (Å²) in [6.07, 6.45) is 2.18. The minimum atomic E-state index is 0.0510. The van der Waals surface area contributed by atoms with Crippen LogP contribution in [-0.2, 0) is 5.41 Å². The summed E-state index contributed by atoms with van der Waals surface area (Å²) in [5, 5.41) is 9.16. The van der Waals surface area contributed by atoms with E-state index in [1.165, 1.54) is 5.56 Å². The van der Waals surface area contributed by atoms with Gasteiger partial charge in [0.1, 0.15) is 0 Å². The van der Waals surface area contributed by atoms with Gasteiger partial charge in [-0.2, -0.15) is 0 Å². The average Bonchev–Trinajstić information content (AvgIpc) is 2.84. The highest BCUT2D eigenvalue weighted by molar-refractivity contribution is 5.45. The molecule has 0 aliphatic heterocycles. The van der Waals surface area contributed by atoms with E-state index in [1.54, 1.807) is 0 Å². The summed E-state index contributed by atoms with van der Waals surface area (Å²) >= 11 is 0. The predicted octanol–water partition coefficient (Wildman–Crippen LogP) is 1.29. The molecule has 0 bridgehead atoms. The number of benzene rings is 1. The average molecular weight is 163 g/mol. The molecule has 2 heteroatoms. The Morgan fingerprint density at radius 2 is 2.17 bits per heavy atom. The SMILES string of the molecule is Nc1cccc(C2(CO)CC2)c1. The van der Waals surface area contributed by atoms with Crippen molar-refractivity contribution in [3.63, 3.8) is 0 Å². The van der Waals surface area contributed by atoms with Crippen LogP contribution in [0.25, 0.3) is 0 Å². The molecule has 0 spiro atoms. The fourth-order valence-electron chi connectivity index (χ4n) is 1.56. The van der Waals surface area contributed by atoms with Crippen LogP contribution in [-0.4, -0.2) is 11.7 Å².